The van der Waals surface area contributed by atoms with E-state index in [9.17, 15) is 13.2 Å². The number of alkyl halides is 3. The summed E-state index contributed by atoms with van der Waals surface area (Å²) in [7, 11) is 0. The van der Waals surface area contributed by atoms with Crippen molar-refractivity contribution >= 4 is 11.6 Å². The lowest BCUT2D eigenvalue weighted by atomic mass is 10.3. The Kier molecular flexibility index (Phi) is 4.64. The fourth-order valence-electron chi connectivity index (χ4n) is 1.86. The Bertz CT molecular complexity index is 447. The first kappa shape index (κ1) is 14.8. The summed E-state index contributed by atoms with van der Waals surface area (Å²) in [6.45, 7) is 4.54. The zero-order chi connectivity index (χ0) is 14.6. The third kappa shape index (κ3) is 3.72. The first-order valence-corrected chi connectivity index (χ1v) is 6.53. The minimum absolute atomic E-state index is 0.204. The topological polar surface area (TPSA) is 50.3 Å². The van der Waals surface area contributed by atoms with Crippen molar-refractivity contribution in [2.75, 3.05) is 43.1 Å². The molecule has 8 heteroatoms. The van der Waals surface area contributed by atoms with Crippen LogP contribution in [0.2, 0.25) is 0 Å². The van der Waals surface area contributed by atoms with Crippen LogP contribution in [0.25, 0.3) is 0 Å². The molecule has 1 aliphatic heterocycles. The number of nitrogens with one attached hydrogen (secondary N) is 1. The smallest absolute Gasteiger partial charge is 0.378 e. The van der Waals surface area contributed by atoms with Gasteiger partial charge in [-0.25, -0.2) is 9.97 Å². The molecule has 1 aromatic rings. The fraction of sp³-hybridized carbons (Fsp3) is 0.667. The van der Waals surface area contributed by atoms with Crippen LogP contribution >= 0.6 is 0 Å². The van der Waals surface area contributed by atoms with E-state index in [1.807, 2.05) is 6.92 Å². The molecule has 1 N–H and O–H groups in total. The average Bonchev–Trinajstić information content (AvgIpc) is 2.45. The summed E-state index contributed by atoms with van der Waals surface area (Å²) in [6.07, 6.45) is -3.75. The predicted octanol–water partition coefficient (Wildman–Crippen LogP) is 2.15. The Labute approximate surface area is 115 Å². The van der Waals surface area contributed by atoms with E-state index in [0.717, 1.165) is 6.42 Å². The first-order valence-electron chi connectivity index (χ1n) is 6.53. The van der Waals surface area contributed by atoms with Gasteiger partial charge in [-0.3, -0.25) is 0 Å². The van der Waals surface area contributed by atoms with Gasteiger partial charge >= 0.3 is 6.18 Å². The van der Waals surface area contributed by atoms with Gasteiger partial charge in [-0.15, -0.1) is 0 Å². The lowest BCUT2D eigenvalue weighted by Gasteiger charge is -2.28. The molecular formula is C12H17F3N4O. The molecule has 0 radical (unpaired) electrons. The summed E-state index contributed by atoms with van der Waals surface area (Å²) in [6, 6.07) is 1.55. The van der Waals surface area contributed by atoms with Gasteiger partial charge in [0.05, 0.1) is 13.2 Å². The number of morpholine rings is 1. The van der Waals surface area contributed by atoms with Crippen molar-refractivity contribution in [3.63, 3.8) is 0 Å². The monoisotopic (exact) mass is 290 g/mol. The molecule has 1 aromatic heterocycles. The molecule has 1 saturated heterocycles. The molecule has 20 heavy (non-hydrogen) atoms. The molecule has 0 aliphatic carbocycles. The van der Waals surface area contributed by atoms with Crippen LogP contribution < -0.4 is 10.2 Å². The van der Waals surface area contributed by atoms with Crippen molar-refractivity contribution in [3.05, 3.63) is 11.9 Å². The number of aromatic nitrogens is 2. The van der Waals surface area contributed by atoms with E-state index in [2.05, 4.69) is 15.3 Å². The standard InChI is InChI=1S/C12H17F3N4O/c1-2-3-16-9-8-10(19-4-6-20-7-5-19)18-11(17-9)12(13,14)15/h8H,2-7H2,1H3,(H,16,17,18). The number of hydrogen-bond acceptors (Lipinski definition) is 5. The van der Waals surface area contributed by atoms with E-state index < -0.39 is 12.0 Å². The Balaban J connectivity index is 2.29. The quantitative estimate of drug-likeness (QED) is 0.921. The molecule has 0 spiro atoms. The molecule has 2 heterocycles. The molecule has 0 atom stereocenters. The van der Waals surface area contributed by atoms with Crippen molar-refractivity contribution in [1.29, 1.82) is 0 Å². The number of hydrogen-bond donors (Lipinski definition) is 1. The van der Waals surface area contributed by atoms with E-state index in [1.165, 1.54) is 0 Å². The summed E-state index contributed by atoms with van der Waals surface area (Å²) in [5, 5.41) is 2.88. The molecule has 0 saturated carbocycles. The van der Waals surface area contributed by atoms with Crippen molar-refractivity contribution in [2.24, 2.45) is 0 Å². The maximum absolute atomic E-state index is 12.8. The van der Waals surface area contributed by atoms with Gasteiger partial charge in [0.25, 0.3) is 0 Å². The third-order valence-electron chi connectivity index (χ3n) is 2.86. The van der Waals surface area contributed by atoms with Gasteiger partial charge in [-0.1, -0.05) is 6.92 Å². The highest BCUT2D eigenvalue weighted by atomic mass is 19.4. The Morgan fingerprint density at radius 2 is 2.00 bits per heavy atom. The highest BCUT2D eigenvalue weighted by Crippen LogP contribution is 2.29. The van der Waals surface area contributed by atoms with Gasteiger partial charge in [-0.2, -0.15) is 13.2 Å². The van der Waals surface area contributed by atoms with E-state index in [0.29, 0.717) is 32.8 Å². The molecule has 0 unspecified atom stereocenters. The highest BCUT2D eigenvalue weighted by Gasteiger charge is 2.36. The van der Waals surface area contributed by atoms with E-state index in [4.69, 9.17) is 4.74 Å². The zero-order valence-corrected chi connectivity index (χ0v) is 11.2. The molecular weight excluding hydrogens is 273 g/mol. The minimum atomic E-state index is -4.55. The van der Waals surface area contributed by atoms with Crippen LogP contribution in [0.1, 0.15) is 19.2 Å². The third-order valence-corrected chi connectivity index (χ3v) is 2.86. The number of nitrogens with zero attached hydrogens (tertiary/aromatic N) is 3. The first-order chi connectivity index (χ1) is 9.50. The van der Waals surface area contributed by atoms with Gasteiger partial charge in [0.15, 0.2) is 0 Å². The normalized spacial score (nSPS) is 16.3. The van der Waals surface area contributed by atoms with Crippen LogP contribution in [-0.4, -0.2) is 42.8 Å². The largest absolute Gasteiger partial charge is 0.451 e. The molecule has 0 bridgehead atoms. The van der Waals surface area contributed by atoms with Crippen LogP contribution in [-0.2, 0) is 10.9 Å². The zero-order valence-electron chi connectivity index (χ0n) is 11.2. The number of ether oxygens (including phenoxy) is 1. The number of halogens is 3. The van der Waals surface area contributed by atoms with E-state index >= 15 is 0 Å². The van der Waals surface area contributed by atoms with Gasteiger partial charge in [0, 0.05) is 25.7 Å². The van der Waals surface area contributed by atoms with Crippen LogP contribution in [0.4, 0.5) is 24.8 Å². The molecule has 1 aliphatic rings. The molecule has 5 nitrogen and oxygen atoms in total. The maximum atomic E-state index is 12.8. The van der Waals surface area contributed by atoms with Crippen LogP contribution in [0.15, 0.2) is 6.07 Å². The lowest BCUT2D eigenvalue weighted by Crippen LogP contribution is -2.37. The van der Waals surface area contributed by atoms with Crippen LogP contribution in [0.3, 0.4) is 0 Å². The average molecular weight is 290 g/mol. The van der Waals surface area contributed by atoms with Gasteiger partial charge in [0.2, 0.25) is 5.82 Å². The summed E-state index contributed by atoms with van der Waals surface area (Å²) in [4.78, 5) is 8.94. The van der Waals surface area contributed by atoms with Crippen molar-refractivity contribution < 1.29 is 17.9 Å². The Morgan fingerprint density at radius 3 is 2.60 bits per heavy atom. The fourth-order valence-corrected chi connectivity index (χ4v) is 1.86. The minimum Gasteiger partial charge on any atom is -0.378 e. The van der Waals surface area contributed by atoms with Crippen LogP contribution in [0, 0.1) is 0 Å². The second-order valence-electron chi connectivity index (χ2n) is 4.46. The summed E-state index contributed by atoms with van der Waals surface area (Å²) >= 11 is 0. The molecule has 1 fully saturated rings. The van der Waals surface area contributed by atoms with Crippen molar-refractivity contribution in [3.8, 4) is 0 Å². The molecule has 112 valence electrons. The molecule has 0 amide bonds. The van der Waals surface area contributed by atoms with Crippen molar-refractivity contribution in [2.45, 2.75) is 19.5 Å². The number of anilines is 2. The Morgan fingerprint density at radius 1 is 1.30 bits per heavy atom. The number of rotatable bonds is 4. The summed E-state index contributed by atoms with van der Waals surface area (Å²) < 4.78 is 43.7. The molecule has 0 aromatic carbocycles. The van der Waals surface area contributed by atoms with Gasteiger partial charge in [-0.05, 0) is 6.42 Å². The van der Waals surface area contributed by atoms with Gasteiger partial charge < -0.3 is 15.0 Å². The lowest BCUT2D eigenvalue weighted by molar-refractivity contribution is -0.144. The second kappa shape index (κ2) is 6.25. The summed E-state index contributed by atoms with van der Waals surface area (Å²) in [5.41, 5.74) is 0. The molecule has 2 rings (SSSR count). The Hall–Kier alpha value is -1.57. The predicted molar refractivity (Wildman–Crippen MR) is 68.8 cm³/mol. The van der Waals surface area contributed by atoms with Crippen LogP contribution in [0.5, 0.6) is 0 Å². The van der Waals surface area contributed by atoms with E-state index in [-0.39, 0.29) is 11.6 Å². The second-order valence-corrected chi connectivity index (χ2v) is 4.46. The van der Waals surface area contributed by atoms with E-state index in [1.54, 1.807) is 11.0 Å². The summed E-state index contributed by atoms with van der Waals surface area (Å²) in [5.74, 6) is -0.620. The SMILES string of the molecule is CCCNc1cc(N2CCOCC2)nc(C(F)(F)F)n1. The maximum Gasteiger partial charge on any atom is 0.451 e. The van der Waals surface area contributed by atoms with Crippen molar-refractivity contribution in [1.82, 2.24) is 9.97 Å². The van der Waals surface area contributed by atoms with Gasteiger partial charge in [0.1, 0.15) is 11.6 Å². The highest BCUT2D eigenvalue weighted by molar-refractivity contribution is 5.50.